The summed E-state index contributed by atoms with van der Waals surface area (Å²) in [6.45, 7) is 14.7. The van der Waals surface area contributed by atoms with Crippen molar-refractivity contribution in [2.75, 3.05) is 0 Å². The molecule has 0 heteroatoms. The average molecular weight is 367 g/mol. The zero-order valence-electron chi connectivity index (χ0n) is 17.7. The molecule has 0 atom stereocenters. The first-order valence-electron chi connectivity index (χ1n) is 10.2. The standard InChI is InChI=1S/C26H24.C2H6/c1-5-18(6-2)20-12-14-22-23-15-13-21(19-10-8-7-9-11-19)17-25(23)26(3,4)24(22)16-20;1-2/h5-17H,1H2,2-4H3;1-2H3/b18-6+;. The van der Waals surface area contributed by atoms with Gasteiger partial charge in [-0.25, -0.2) is 0 Å². The molecule has 0 aromatic heterocycles. The van der Waals surface area contributed by atoms with Crippen LogP contribution in [0, 0.1) is 0 Å². The summed E-state index contributed by atoms with van der Waals surface area (Å²) in [6, 6.07) is 24.3. The Morgan fingerprint density at radius 1 is 0.786 bits per heavy atom. The highest BCUT2D eigenvalue weighted by Crippen LogP contribution is 2.50. The van der Waals surface area contributed by atoms with Crippen molar-refractivity contribution in [3.63, 3.8) is 0 Å². The van der Waals surface area contributed by atoms with Crippen LogP contribution in [-0.4, -0.2) is 0 Å². The zero-order chi connectivity index (χ0) is 20.3. The monoisotopic (exact) mass is 366 g/mol. The number of benzene rings is 3. The van der Waals surface area contributed by atoms with Crippen molar-refractivity contribution in [3.05, 3.63) is 102 Å². The van der Waals surface area contributed by atoms with Crippen molar-refractivity contribution < 1.29 is 0 Å². The minimum atomic E-state index is -0.00844. The molecule has 0 unspecified atom stereocenters. The molecule has 0 radical (unpaired) electrons. The van der Waals surface area contributed by atoms with Gasteiger partial charge in [0.1, 0.15) is 0 Å². The fourth-order valence-corrected chi connectivity index (χ4v) is 4.13. The quantitative estimate of drug-likeness (QED) is 0.409. The highest BCUT2D eigenvalue weighted by molar-refractivity contribution is 5.86. The van der Waals surface area contributed by atoms with Crippen molar-refractivity contribution in [2.45, 2.75) is 40.0 Å². The van der Waals surface area contributed by atoms with Crippen LogP contribution in [0.3, 0.4) is 0 Å². The highest BCUT2D eigenvalue weighted by atomic mass is 14.4. The molecule has 1 aliphatic carbocycles. The Morgan fingerprint density at radius 3 is 2.00 bits per heavy atom. The molecule has 0 N–H and O–H groups in total. The van der Waals surface area contributed by atoms with Gasteiger partial charge in [0, 0.05) is 5.41 Å². The van der Waals surface area contributed by atoms with E-state index in [2.05, 4.69) is 100 Å². The molecule has 3 aromatic carbocycles. The molecule has 0 nitrogen and oxygen atoms in total. The van der Waals surface area contributed by atoms with Gasteiger partial charge in [-0.05, 0) is 63.6 Å². The van der Waals surface area contributed by atoms with E-state index in [9.17, 15) is 0 Å². The Bertz CT molecular complexity index is 1020. The largest absolute Gasteiger partial charge is 0.0985 e. The van der Waals surface area contributed by atoms with Gasteiger partial charge in [0.25, 0.3) is 0 Å². The summed E-state index contributed by atoms with van der Waals surface area (Å²) in [4.78, 5) is 0. The first-order valence-corrected chi connectivity index (χ1v) is 10.2. The summed E-state index contributed by atoms with van der Waals surface area (Å²) < 4.78 is 0. The van der Waals surface area contributed by atoms with Gasteiger partial charge in [0.05, 0.1) is 0 Å². The normalized spacial score (nSPS) is 13.8. The van der Waals surface area contributed by atoms with E-state index in [1.165, 1.54) is 44.5 Å². The maximum absolute atomic E-state index is 3.95. The molecule has 1 aliphatic rings. The van der Waals surface area contributed by atoms with E-state index in [-0.39, 0.29) is 5.41 Å². The molecule has 3 aromatic rings. The number of hydrogen-bond donors (Lipinski definition) is 0. The topological polar surface area (TPSA) is 0 Å². The van der Waals surface area contributed by atoms with Crippen LogP contribution in [0.15, 0.2) is 85.5 Å². The SMILES string of the molecule is C=C/C(=C\C)c1ccc2c(c1)C(C)(C)c1cc(-c3ccccc3)ccc1-2.CC. The lowest BCUT2D eigenvalue weighted by molar-refractivity contribution is 0.660. The van der Waals surface area contributed by atoms with Crippen LogP contribution in [0.25, 0.3) is 27.8 Å². The van der Waals surface area contributed by atoms with E-state index in [1.807, 2.05) is 19.9 Å². The first kappa shape index (κ1) is 19.9. The maximum Gasteiger partial charge on any atom is 0.0159 e. The van der Waals surface area contributed by atoms with Gasteiger partial charge >= 0.3 is 0 Å². The summed E-state index contributed by atoms with van der Waals surface area (Å²) in [5.74, 6) is 0. The molecule has 0 heterocycles. The van der Waals surface area contributed by atoms with Crippen molar-refractivity contribution in [1.82, 2.24) is 0 Å². The van der Waals surface area contributed by atoms with E-state index in [0.29, 0.717) is 0 Å². The molecule has 0 spiro atoms. The predicted octanol–water partition coefficient (Wildman–Crippen LogP) is 8.28. The Morgan fingerprint density at radius 2 is 1.39 bits per heavy atom. The number of fused-ring (bicyclic) bond motifs is 3. The van der Waals surface area contributed by atoms with E-state index in [4.69, 9.17) is 0 Å². The summed E-state index contributed by atoms with van der Waals surface area (Å²) in [7, 11) is 0. The average Bonchev–Trinajstić information content (AvgIpc) is 2.98. The van der Waals surface area contributed by atoms with E-state index >= 15 is 0 Å². The van der Waals surface area contributed by atoms with Crippen molar-refractivity contribution in [2.24, 2.45) is 0 Å². The number of allylic oxidation sites excluding steroid dienone is 3. The van der Waals surface area contributed by atoms with E-state index in [0.717, 1.165) is 0 Å². The lowest BCUT2D eigenvalue weighted by Gasteiger charge is -2.22. The van der Waals surface area contributed by atoms with Crippen LogP contribution in [0.1, 0.15) is 51.3 Å². The van der Waals surface area contributed by atoms with E-state index in [1.54, 1.807) is 0 Å². The molecule has 0 fully saturated rings. The minimum Gasteiger partial charge on any atom is -0.0985 e. The van der Waals surface area contributed by atoms with E-state index < -0.39 is 0 Å². The van der Waals surface area contributed by atoms with Gasteiger partial charge in [-0.15, -0.1) is 0 Å². The first-order chi connectivity index (χ1) is 13.6. The Balaban J connectivity index is 0.00000109. The predicted molar refractivity (Wildman–Crippen MR) is 125 cm³/mol. The fraction of sp³-hybridized carbons (Fsp3) is 0.214. The van der Waals surface area contributed by atoms with Crippen LogP contribution in [0.5, 0.6) is 0 Å². The van der Waals surface area contributed by atoms with Crippen LogP contribution in [0.2, 0.25) is 0 Å². The van der Waals surface area contributed by atoms with Crippen LogP contribution < -0.4 is 0 Å². The summed E-state index contributed by atoms with van der Waals surface area (Å²) in [5.41, 5.74) is 10.5. The third kappa shape index (κ3) is 3.24. The second kappa shape index (κ2) is 8.02. The van der Waals surface area contributed by atoms with Crippen LogP contribution in [0.4, 0.5) is 0 Å². The lowest BCUT2D eigenvalue weighted by atomic mass is 9.81. The molecule has 0 bridgehead atoms. The van der Waals surface area contributed by atoms with Gasteiger partial charge < -0.3 is 0 Å². The number of hydrogen-bond acceptors (Lipinski definition) is 0. The molecular formula is C28H30. The van der Waals surface area contributed by atoms with Gasteiger partial charge in [0.2, 0.25) is 0 Å². The van der Waals surface area contributed by atoms with Gasteiger partial charge in [-0.3, -0.25) is 0 Å². The molecule has 142 valence electrons. The summed E-state index contributed by atoms with van der Waals surface area (Å²) in [5, 5.41) is 0. The molecular weight excluding hydrogens is 336 g/mol. The Kier molecular flexibility index (Phi) is 5.70. The molecule has 28 heavy (non-hydrogen) atoms. The zero-order valence-corrected chi connectivity index (χ0v) is 17.7. The van der Waals surface area contributed by atoms with Gasteiger partial charge in [0.15, 0.2) is 0 Å². The third-order valence-electron chi connectivity index (χ3n) is 5.65. The third-order valence-corrected chi connectivity index (χ3v) is 5.65. The molecule has 0 amide bonds. The summed E-state index contributed by atoms with van der Waals surface area (Å²) >= 11 is 0. The van der Waals surface area contributed by atoms with Crippen LogP contribution >= 0.6 is 0 Å². The minimum absolute atomic E-state index is 0.00844. The van der Waals surface area contributed by atoms with Crippen molar-refractivity contribution >= 4 is 5.57 Å². The van der Waals surface area contributed by atoms with Crippen molar-refractivity contribution in [3.8, 4) is 22.3 Å². The smallest absolute Gasteiger partial charge is 0.0159 e. The fourth-order valence-electron chi connectivity index (χ4n) is 4.13. The second-order valence-electron chi connectivity index (χ2n) is 7.46. The Labute approximate surface area is 170 Å². The van der Waals surface area contributed by atoms with Crippen molar-refractivity contribution in [1.29, 1.82) is 0 Å². The molecule has 0 aliphatic heterocycles. The molecule has 0 saturated carbocycles. The summed E-state index contributed by atoms with van der Waals surface area (Å²) in [6.07, 6.45) is 4.06. The number of rotatable bonds is 3. The second-order valence-corrected chi connectivity index (χ2v) is 7.46. The van der Waals surface area contributed by atoms with Gasteiger partial charge in [-0.2, -0.15) is 0 Å². The maximum atomic E-state index is 3.95. The van der Waals surface area contributed by atoms with Crippen LogP contribution in [-0.2, 0) is 5.41 Å². The molecule has 4 rings (SSSR count). The Hall–Kier alpha value is -2.86. The lowest BCUT2D eigenvalue weighted by Crippen LogP contribution is -2.15. The molecule has 0 saturated heterocycles. The highest BCUT2D eigenvalue weighted by Gasteiger charge is 2.35. The van der Waals surface area contributed by atoms with Gasteiger partial charge in [-0.1, -0.05) is 101 Å².